The number of hydrogen-bond acceptors (Lipinski definition) is 4. The van der Waals surface area contributed by atoms with E-state index < -0.39 is 24.9 Å². The van der Waals surface area contributed by atoms with Gasteiger partial charge in [-0.3, -0.25) is 0 Å². The molecule has 4 rings (SSSR count). The number of halogens is 4. The summed E-state index contributed by atoms with van der Waals surface area (Å²) in [5, 5.41) is 0. The average Bonchev–Trinajstić information content (AvgIpc) is 3.07. The van der Waals surface area contributed by atoms with Crippen LogP contribution in [0.5, 0.6) is 5.75 Å². The van der Waals surface area contributed by atoms with Crippen LogP contribution in [0, 0.1) is 0 Å². The summed E-state index contributed by atoms with van der Waals surface area (Å²) in [5.41, 5.74) is 0.642. The molecule has 0 spiro atoms. The number of hydrogen-bond donors (Lipinski definition) is 0. The van der Waals surface area contributed by atoms with E-state index in [0.717, 1.165) is 4.47 Å². The molecule has 25 heavy (non-hydrogen) atoms. The molecule has 1 saturated heterocycles. The average molecular weight is 418 g/mol. The summed E-state index contributed by atoms with van der Waals surface area (Å²) in [6, 6.07) is 3.27. The van der Waals surface area contributed by atoms with Gasteiger partial charge in [0.15, 0.2) is 11.9 Å². The van der Waals surface area contributed by atoms with E-state index in [2.05, 4.69) is 25.7 Å². The number of imidazole rings is 1. The maximum atomic E-state index is 13.2. The van der Waals surface area contributed by atoms with Crippen LogP contribution in [0.15, 0.2) is 28.9 Å². The van der Waals surface area contributed by atoms with Crippen molar-refractivity contribution in [3.63, 3.8) is 0 Å². The van der Waals surface area contributed by atoms with Crippen LogP contribution in [0.2, 0.25) is 0 Å². The molecule has 2 aliphatic heterocycles. The predicted octanol–water partition coefficient (Wildman–Crippen LogP) is 3.59. The highest BCUT2D eigenvalue weighted by Gasteiger charge is 2.52. The molecular weight excluding hydrogens is 407 g/mol. The van der Waals surface area contributed by atoms with E-state index in [4.69, 9.17) is 4.74 Å². The van der Waals surface area contributed by atoms with E-state index in [1.165, 1.54) is 6.20 Å². The number of ether oxygens (including phenoxy) is 2. The van der Waals surface area contributed by atoms with Crippen molar-refractivity contribution in [3.05, 3.63) is 28.9 Å². The first kappa shape index (κ1) is 16.2. The summed E-state index contributed by atoms with van der Waals surface area (Å²) in [6.07, 6.45) is -4.23. The van der Waals surface area contributed by atoms with E-state index in [-0.39, 0.29) is 5.82 Å². The molecule has 1 aromatic heterocycles. The molecule has 0 radical (unpaired) electrons. The van der Waals surface area contributed by atoms with Gasteiger partial charge in [-0.15, -0.1) is 0 Å². The molecule has 10 heteroatoms. The monoisotopic (exact) mass is 417 g/mol. The summed E-state index contributed by atoms with van der Waals surface area (Å²) in [7, 11) is 0. The van der Waals surface area contributed by atoms with Crippen molar-refractivity contribution in [2.75, 3.05) is 18.1 Å². The van der Waals surface area contributed by atoms with Crippen LogP contribution in [0.3, 0.4) is 0 Å². The van der Waals surface area contributed by atoms with Crippen molar-refractivity contribution in [3.8, 4) is 17.1 Å². The Morgan fingerprint density at radius 3 is 2.84 bits per heavy atom. The number of aromatic nitrogens is 2. The molecule has 0 saturated carbocycles. The van der Waals surface area contributed by atoms with Gasteiger partial charge in [-0.05, 0) is 18.2 Å². The summed E-state index contributed by atoms with van der Waals surface area (Å²) in [5.74, 6) is 0.924. The molecule has 1 fully saturated rings. The van der Waals surface area contributed by atoms with E-state index in [9.17, 15) is 18.0 Å². The summed E-state index contributed by atoms with van der Waals surface area (Å²) in [4.78, 5) is 16.7. The van der Waals surface area contributed by atoms with Crippen molar-refractivity contribution in [1.82, 2.24) is 9.55 Å². The SMILES string of the molecule is O=C1OCC(C(F)(F)F)N1c1cn2c(n1)-c1ccc(Br)cc1OCC2. The highest BCUT2D eigenvalue weighted by atomic mass is 79.9. The van der Waals surface area contributed by atoms with Crippen LogP contribution in [-0.2, 0) is 11.3 Å². The van der Waals surface area contributed by atoms with Gasteiger partial charge in [-0.1, -0.05) is 15.9 Å². The molecule has 0 bridgehead atoms. The number of carbonyl (C=O) groups is 1. The van der Waals surface area contributed by atoms with Gasteiger partial charge >= 0.3 is 12.3 Å². The van der Waals surface area contributed by atoms with Crippen LogP contribution in [-0.4, -0.2) is 41.1 Å². The zero-order chi connectivity index (χ0) is 17.8. The molecular formula is C15H11BrF3N3O3. The Morgan fingerprint density at radius 1 is 1.28 bits per heavy atom. The first-order valence-corrected chi connectivity index (χ1v) is 8.16. The van der Waals surface area contributed by atoms with Gasteiger partial charge in [0, 0.05) is 10.7 Å². The van der Waals surface area contributed by atoms with Crippen LogP contribution >= 0.6 is 15.9 Å². The number of anilines is 1. The lowest BCUT2D eigenvalue weighted by Crippen LogP contribution is -2.44. The molecule has 1 aromatic carbocycles. The first-order valence-electron chi connectivity index (χ1n) is 7.37. The molecule has 3 heterocycles. The second kappa shape index (κ2) is 5.65. The minimum absolute atomic E-state index is 0.0874. The van der Waals surface area contributed by atoms with E-state index in [1.54, 1.807) is 22.8 Å². The van der Waals surface area contributed by atoms with Crippen molar-refractivity contribution >= 4 is 27.8 Å². The molecule has 0 N–H and O–H groups in total. The van der Waals surface area contributed by atoms with E-state index >= 15 is 0 Å². The van der Waals surface area contributed by atoms with E-state index in [0.29, 0.717) is 35.2 Å². The van der Waals surface area contributed by atoms with Gasteiger partial charge in [-0.2, -0.15) is 13.2 Å². The van der Waals surface area contributed by atoms with Crippen LogP contribution in [0.4, 0.5) is 23.8 Å². The zero-order valence-electron chi connectivity index (χ0n) is 12.6. The molecule has 0 aliphatic carbocycles. The predicted molar refractivity (Wildman–Crippen MR) is 84.5 cm³/mol. The highest BCUT2D eigenvalue weighted by Crippen LogP contribution is 2.38. The fourth-order valence-corrected chi connectivity index (χ4v) is 3.21. The summed E-state index contributed by atoms with van der Waals surface area (Å²) >= 11 is 3.35. The number of carbonyl (C=O) groups excluding carboxylic acids is 1. The molecule has 1 unspecified atom stereocenters. The van der Waals surface area contributed by atoms with Gasteiger partial charge < -0.3 is 14.0 Å². The minimum Gasteiger partial charge on any atom is -0.491 e. The quantitative estimate of drug-likeness (QED) is 0.711. The van der Waals surface area contributed by atoms with E-state index in [1.807, 2.05) is 0 Å². The zero-order valence-corrected chi connectivity index (χ0v) is 14.2. The highest BCUT2D eigenvalue weighted by molar-refractivity contribution is 9.10. The normalized spacial score (nSPS) is 19.8. The molecule has 2 aromatic rings. The number of rotatable bonds is 1. The summed E-state index contributed by atoms with van der Waals surface area (Å²) < 4.78 is 52.2. The second-order valence-corrected chi connectivity index (χ2v) is 6.53. The Kier molecular flexibility index (Phi) is 3.67. The number of alkyl halides is 3. The Balaban J connectivity index is 1.79. The largest absolute Gasteiger partial charge is 0.491 e. The van der Waals surface area contributed by atoms with Crippen LogP contribution in [0.1, 0.15) is 0 Å². The number of benzene rings is 1. The smallest absolute Gasteiger partial charge is 0.416 e. The third-order valence-corrected chi connectivity index (χ3v) is 4.53. The number of amides is 1. The Labute approximate surface area is 148 Å². The van der Waals surface area contributed by atoms with Crippen molar-refractivity contribution in [1.29, 1.82) is 0 Å². The molecule has 132 valence electrons. The first-order chi connectivity index (χ1) is 11.8. The van der Waals surface area contributed by atoms with Gasteiger partial charge in [0.1, 0.15) is 24.8 Å². The standard InChI is InChI=1S/C15H11BrF3N3O3/c16-8-1-2-9-10(5-8)24-4-3-21-6-12(20-13(9)21)22-11(15(17,18)19)7-25-14(22)23/h1-2,5-6,11H,3-4,7H2. The molecule has 1 atom stereocenters. The van der Waals surface area contributed by atoms with Gasteiger partial charge in [0.2, 0.25) is 0 Å². The van der Waals surface area contributed by atoms with Gasteiger partial charge in [0.05, 0.1) is 12.1 Å². The third-order valence-electron chi connectivity index (χ3n) is 4.04. The molecule has 6 nitrogen and oxygen atoms in total. The van der Waals surface area contributed by atoms with Crippen molar-refractivity contribution in [2.45, 2.75) is 18.8 Å². The lowest BCUT2D eigenvalue weighted by Gasteiger charge is -2.21. The Hall–Kier alpha value is -2.23. The maximum Gasteiger partial charge on any atom is 0.416 e. The number of nitrogens with zero attached hydrogens (tertiary/aromatic N) is 3. The lowest BCUT2D eigenvalue weighted by molar-refractivity contribution is -0.147. The number of fused-ring (bicyclic) bond motifs is 3. The van der Waals surface area contributed by atoms with Crippen LogP contribution < -0.4 is 9.64 Å². The van der Waals surface area contributed by atoms with Crippen molar-refractivity contribution in [2.24, 2.45) is 0 Å². The summed E-state index contributed by atoms with van der Waals surface area (Å²) in [6.45, 7) is -0.00915. The lowest BCUT2D eigenvalue weighted by atomic mass is 10.2. The topological polar surface area (TPSA) is 56.6 Å². The fraction of sp³-hybridized carbons (Fsp3) is 0.333. The Bertz CT molecular complexity index is 852. The minimum atomic E-state index is -4.60. The second-order valence-electron chi connectivity index (χ2n) is 5.61. The van der Waals surface area contributed by atoms with Gasteiger partial charge in [0.25, 0.3) is 0 Å². The maximum absolute atomic E-state index is 13.2. The van der Waals surface area contributed by atoms with Crippen LogP contribution in [0.25, 0.3) is 11.4 Å². The van der Waals surface area contributed by atoms with Crippen molar-refractivity contribution < 1.29 is 27.4 Å². The molecule has 1 amide bonds. The Morgan fingerprint density at radius 2 is 2.08 bits per heavy atom. The molecule has 2 aliphatic rings. The number of cyclic esters (lactones) is 1. The third kappa shape index (κ3) is 2.74. The van der Waals surface area contributed by atoms with Gasteiger partial charge in [-0.25, -0.2) is 14.7 Å². The fourth-order valence-electron chi connectivity index (χ4n) is 2.87.